The highest BCUT2D eigenvalue weighted by Gasteiger charge is 2.29. The summed E-state index contributed by atoms with van der Waals surface area (Å²) in [4.78, 5) is 26.0. The molecule has 0 spiro atoms. The lowest BCUT2D eigenvalue weighted by Crippen LogP contribution is -2.22. The molecule has 30 heavy (non-hydrogen) atoms. The molecule has 0 bridgehead atoms. The van der Waals surface area contributed by atoms with Crippen LogP contribution < -0.4 is 10.6 Å². The van der Waals surface area contributed by atoms with Gasteiger partial charge in [-0.15, -0.1) is 0 Å². The van der Waals surface area contributed by atoms with Crippen molar-refractivity contribution >= 4 is 58.2 Å². The van der Waals surface area contributed by atoms with Crippen molar-refractivity contribution in [3.05, 3.63) is 84.7 Å². The molecule has 0 radical (unpaired) electrons. The summed E-state index contributed by atoms with van der Waals surface area (Å²) in [5.74, 6) is -0.312. The van der Waals surface area contributed by atoms with Gasteiger partial charge in [0.25, 0.3) is 11.5 Å². The Balaban J connectivity index is 1.79. The number of carbonyl (C=O) groups is 1. The molecule has 0 atom stereocenters. The van der Waals surface area contributed by atoms with Gasteiger partial charge in [-0.05, 0) is 44.2 Å². The standard InChI is InChI=1S/C21H15Cl3N4O2/c1-11-15(20(29)27(25-11)14-6-4-3-5-7-14)10-16-12(2)26-28(21(16)30)19-17(23)8-13(22)9-18(19)24/h3-10,26H,1-2H3. The van der Waals surface area contributed by atoms with E-state index in [0.29, 0.717) is 33.3 Å². The topological polar surface area (TPSA) is 70.5 Å². The molecule has 4 rings (SSSR count). The van der Waals surface area contributed by atoms with Crippen molar-refractivity contribution < 1.29 is 4.79 Å². The summed E-state index contributed by atoms with van der Waals surface area (Å²) in [5, 5.41) is 9.41. The number of hydrogen-bond donors (Lipinski definition) is 1. The number of para-hydroxylation sites is 1. The van der Waals surface area contributed by atoms with Crippen LogP contribution >= 0.6 is 34.8 Å². The van der Waals surface area contributed by atoms with Gasteiger partial charge in [-0.2, -0.15) is 10.1 Å². The number of anilines is 1. The molecule has 0 fully saturated rings. The normalized spacial score (nSPS) is 15.2. The number of hydrazone groups is 1. The second-order valence-corrected chi connectivity index (χ2v) is 7.96. The van der Waals surface area contributed by atoms with Crippen molar-refractivity contribution in [1.82, 2.24) is 9.78 Å². The van der Waals surface area contributed by atoms with Crippen LogP contribution in [0.3, 0.4) is 0 Å². The van der Waals surface area contributed by atoms with E-state index in [2.05, 4.69) is 10.2 Å². The summed E-state index contributed by atoms with van der Waals surface area (Å²) < 4.78 is 1.24. The lowest BCUT2D eigenvalue weighted by Gasteiger charge is -2.10. The van der Waals surface area contributed by atoms with Crippen LogP contribution in [-0.4, -0.2) is 21.4 Å². The first kappa shape index (κ1) is 20.5. The molecule has 0 unspecified atom stereocenters. The number of nitrogens with one attached hydrogen (secondary N) is 1. The number of amides is 1. The summed E-state index contributed by atoms with van der Waals surface area (Å²) in [6, 6.07) is 12.1. The fourth-order valence-electron chi connectivity index (χ4n) is 3.21. The van der Waals surface area contributed by atoms with Crippen LogP contribution in [0.5, 0.6) is 0 Å². The summed E-state index contributed by atoms with van der Waals surface area (Å²) in [5.41, 5.74) is 2.24. The number of aromatic nitrogens is 2. The molecule has 1 amide bonds. The van der Waals surface area contributed by atoms with Gasteiger partial charge in [0.2, 0.25) is 0 Å². The Morgan fingerprint density at radius 1 is 1.00 bits per heavy atom. The van der Waals surface area contributed by atoms with Gasteiger partial charge in [0, 0.05) is 10.7 Å². The van der Waals surface area contributed by atoms with Crippen molar-refractivity contribution in [1.29, 1.82) is 0 Å². The van der Waals surface area contributed by atoms with E-state index in [9.17, 15) is 9.59 Å². The molecular formula is C21H15Cl3N4O2. The number of H-pyrrole nitrogens is 1. The monoisotopic (exact) mass is 460 g/mol. The molecule has 2 heterocycles. The fourth-order valence-corrected chi connectivity index (χ4v) is 4.19. The third-order valence-corrected chi connectivity index (χ3v) is 5.47. The highest BCUT2D eigenvalue weighted by Crippen LogP contribution is 2.31. The van der Waals surface area contributed by atoms with Gasteiger partial charge < -0.3 is 0 Å². The Labute approximate surface area is 187 Å². The first-order chi connectivity index (χ1) is 14.3. The average molecular weight is 462 g/mol. The van der Waals surface area contributed by atoms with E-state index < -0.39 is 5.56 Å². The lowest BCUT2D eigenvalue weighted by molar-refractivity contribution is -0.114. The average Bonchev–Trinajstić information content (AvgIpc) is 3.13. The van der Waals surface area contributed by atoms with Crippen molar-refractivity contribution in [2.45, 2.75) is 13.8 Å². The maximum Gasteiger partial charge on any atom is 0.280 e. The molecular weight excluding hydrogens is 447 g/mol. The number of rotatable bonds is 3. The fraction of sp³-hybridized carbons (Fsp3) is 0.0952. The van der Waals surface area contributed by atoms with Gasteiger partial charge in [0.05, 0.1) is 32.6 Å². The second kappa shape index (κ2) is 7.80. The van der Waals surface area contributed by atoms with E-state index in [1.54, 1.807) is 26.0 Å². The zero-order chi connectivity index (χ0) is 21.6. The highest BCUT2D eigenvalue weighted by atomic mass is 35.5. The molecule has 0 aliphatic carbocycles. The molecule has 0 saturated carbocycles. The third kappa shape index (κ3) is 3.47. The second-order valence-electron chi connectivity index (χ2n) is 6.71. The lowest BCUT2D eigenvalue weighted by atomic mass is 10.1. The van der Waals surface area contributed by atoms with Gasteiger partial charge in [-0.1, -0.05) is 53.0 Å². The van der Waals surface area contributed by atoms with E-state index in [0.717, 1.165) is 0 Å². The van der Waals surface area contributed by atoms with Crippen LogP contribution in [0.25, 0.3) is 11.8 Å². The van der Waals surface area contributed by atoms with Crippen molar-refractivity contribution in [3.63, 3.8) is 0 Å². The van der Waals surface area contributed by atoms with Crippen molar-refractivity contribution in [2.24, 2.45) is 5.10 Å². The molecule has 0 saturated heterocycles. The Morgan fingerprint density at radius 2 is 1.63 bits per heavy atom. The van der Waals surface area contributed by atoms with Crippen LogP contribution in [0.2, 0.25) is 15.1 Å². The predicted octanol–water partition coefficient (Wildman–Crippen LogP) is 5.24. The SMILES string of the molecule is CC1=NN(c2ccccc2)C(=O)C1=Cc1c(C)[nH]n(-c2c(Cl)cc(Cl)cc2Cl)c1=O. The first-order valence-electron chi connectivity index (χ1n) is 8.91. The minimum absolute atomic E-state index is 0.222. The van der Waals surface area contributed by atoms with E-state index in [-0.39, 0.29) is 21.6 Å². The van der Waals surface area contributed by atoms with Crippen molar-refractivity contribution in [3.8, 4) is 5.69 Å². The molecule has 9 heteroatoms. The van der Waals surface area contributed by atoms with E-state index in [1.807, 2.05) is 18.2 Å². The first-order valence-corrected chi connectivity index (χ1v) is 10.0. The van der Waals surface area contributed by atoms with E-state index in [4.69, 9.17) is 34.8 Å². The highest BCUT2D eigenvalue weighted by molar-refractivity contribution is 6.40. The molecule has 1 aliphatic rings. The minimum Gasteiger partial charge on any atom is -0.295 e. The Bertz CT molecular complexity index is 1270. The van der Waals surface area contributed by atoms with E-state index >= 15 is 0 Å². The molecule has 1 aromatic heterocycles. The van der Waals surface area contributed by atoms with Crippen molar-refractivity contribution in [2.75, 3.05) is 5.01 Å². The number of halogens is 3. The maximum absolute atomic E-state index is 13.1. The quantitative estimate of drug-likeness (QED) is 0.542. The third-order valence-electron chi connectivity index (χ3n) is 4.67. The number of aryl methyl sites for hydroxylation is 1. The Morgan fingerprint density at radius 3 is 2.27 bits per heavy atom. The van der Waals surface area contributed by atoms with Gasteiger partial charge in [-0.3, -0.25) is 14.7 Å². The zero-order valence-electron chi connectivity index (χ0n) is 15.9. The van der Waals surface area contributed by atoms with Crippen LogP contribution in [-0.2, 0) is 4.79 Å². The maximum atomic E-state index is 13.1. The zero-order valence-corrected chi connectivity index (χ0v) is 18.2. The molecule has 1 aliphatic heterocycles. The number of carbonyl (C=O) groups excluding carboxylic acids is 1. The molecule has 6 nitrogen and oxygen atoms in total. The predicted molar refractivity (Wildman–Crippen MR) is 121 cm³/mol. The van der Waals surface area contributed by atoms with Crippen LogP contribution in [0.4, 0.5) is 5.69 Å². The number of benzene rings is 2. The van der Waals surface area contributed by atoms with Gasteiger partial charge >= 0.3 is 0 Å². The molecule has 2 aromatic carbocycles. The summed E-state index contributed by atoms with van der Waals surface area (Å²) in [7, 11) is 0. The van der Waals surface area contributed by atoms with Crippen LogP contribution in [0.15, 0.2) is 57.9 Å². The Kier molecular flexibility index (Phi) is 5.32. The van der Waals surface area contributed by atoms with Crippen LogP contribution in [0, 0.1) is 6.92 Å². The van der Waals surface area contributed by atoms with Gasteiger partial charge in [-0.25, -0.2) is 4.68 Å². The smallest absolute Gasteiger partial charge is 0.280 e. The molecule has 152 valence electrons. The largest absolute Gasteiger partial charge is 0.295 e. The molecule has 1 N–H and O–H groups in total. The molecule has 3 aromatic rings. The summed E-state index contributed by atoms with van der Waals surface area (Å²) in [6.07, 6.45) is 1.53. The summed E-state index contributed by atoms with van der Waals surface area (Å²) in [6.45, 7) is 3.45. The minimum atomic E-state index is -0.398. The number of hydrogen-bond acceptors (Lipinski definition) is 3. The number of nitrogens with zero attached hydrogens (tertiary/aromatic N) is 3. The van der Waals surface area contributed by atoms with E-state index in [1.165, 1.54) is 27.9 Å². The van der Waals surface area contributed by atoms with Crippen LogP contribution in [0.1, 0.15) is 18.2 Å². The summed E-state index contributed by atoms with van der Waals surface area (Å²) >= 11 is 18.5. The van der Waals surface area contributed by atoms with Gasteiger partial charge in [0.1, 0.15) is 5.69 Å². The Hall–Kier alpha value is -2.80. The number of aromatic amines is 1. The van der Waals surface area contributed by atoms with Gasteiger partial charge in [0.15, 0.2) is 0 Å².